The topological polar surface area (TPSA) is 67.4 Å². The number of rotatable bonds is 7. The van der Waals surface area contributed by atoms with Crippen LogP contribution in [0.25, 0.3) is 11.0 Å². The van der Waals surface area contributed by atoms with Gasteiger partial charge in [-0.05, 0) is 70.0 Å². The molecule has 1 aliphatic carbocycles. The summed E-state index contributed by atoms with van der Waals surface area (Å²) in [4.78, 5) is 24.6. The predicted molar refractivity (Wildman–Crippen MR) is 135 cm³/mol. The number of hydrogen-bond acceptors (Lipinski definition) is 6. The lowest BCUT2D eigenvalue weighted by Crippen LogP contribution is -2.42. The van der Waals surface area contributed by atoms with Crippen LogP contribution in [-0.4, -0.2) is 61.8 Å². The fourth-order valence-electron chi connectivity index (χ4n) is 3.88. The number of halogens is 1. The van der Waals surface area contributed by atoms with Crippen molar-refractivity contribution in [3.05, 3.63) is 29.0 Å². The maximum absolute atomic E-state index is 13.3. The highest BCUT2D eigenvalue weighted by Crippen LogP contribution is 2.37. The Hall–Kier alpha value is -1.54. The van der Waals surface area contributed by atoms with Crippen molar-refractivity contribution in [1.82, 2.24) is 14.9 Å². The minimum atomic E-state index is -2.04. The molecule has 0 unspecified atom stereocenters. The number of hydrogen-bond donors (Lipinski definition) is 1. The fourth-order valence-corrected chi connectivity index (χ4v) is 4.95. The zero-order valence-corrected chi connectivity index (χ0v) is 22.2. The number of aromatic nitrogens is 2. The summed E-state index contributed by atoms with van der Waals surface area (Å²) in [5.74, 6) is -0.0736. The number of nitrogens with one attached hydrogen (secondary N) is 1. The molecule has 1 saturated carbocycles. The van der Waals surface area contributed by atoms with Crippen molar-refractivity contribution < 1.29 is 9.22 Å². The third-order valence-electron chi connectivity index (χ3n) is 7.13. The first-order valence-electron chi connectivity index (χ1n) is 11.4. The minimum absolute atomic E-state index is 0.0378. The van der Waals surface area contributed by atoms with Crippen molar-refractivity contribution in [1.29, 1.82) is 0 Å². The maximum Gasteiger partial charge on any atom is 0.192 e. The molecule has 1 N–H and O–H groups in total. The van der Waals surface area contributed by atoms with Gasteiger partial charge in [-0.15, -0.1) is 0 Å². The Morgan fingerprint density at radius 3 is 2.47 bits per heavy atom. The molecule has 0 bridgehead atoms. The van der Waals surface area contributed by atoms with Gasteiger partial charge in [0.25, 0.3) is 0 Å². The van der Waals surface area contributed by atoms with E-state index in [2.05, 4.69) is 68.1 Å². The fraction of sp³-hybridized carbons (Fsp3) is 0.625. The van der Waals surface area contributed by atoms with Crippen LogP contribution in [0.4, 0.5) is 5.69 Å². The molecule has 1 fully saturated rings. The summed E-state index contributed by atoms with van der Waals surface area (Å²) in [5.41, 5.74) is 2.63. The van der Waals surface area contributed by atoms with Gasteiger partial charge < -0.3 is 14.6 Å². The Balaban J connectivity index is 1.88. The van der Waals surface area contributed by atoms with Gasteiger partial charge in [0.05, 0.1) is 23.4 Å². The number of carbonyl (C=O) groups excluding carboxylic acids is 1. The van der Waals surface area contributed by atoms with E-state index in [0.717, 1.165) is 36.9 Å². The van der Waals surface area contributed by atoms with Gasteiger partial charge in [-0.2, -0.15) is 0 Å². The molecule has 1 aliphatic rings. The van der Waals surface area contributed by atoms with Crippen LogP contribution in [0, 0.1) is 0 Å². The second kappa shape index (κ2) is 9.75. The molecule has 6 nitrogen and oxygen atoms in total. The van der Waals surface area contributed by atoms with E-state index in [-0.39, 0.29) is 23.5 Å². The average Bonchev–Trinajstić information content (AvgIpc) is 2.72. The Kier molecular flexibility index (Phi) is 7.65. The van der Waals surface area contributed by atoms with E-state index in [1.54, 1.807) is 12.3 Å². The summed E-state index contributed by atoms with van der Waals surface area (Å²) in [6.45, 7) is 10.9. The number of Topliss-reactive ketones (excluding diaryl/α,β-unsaturated/α-hetero) is 1. The molecule has 8 heteroatoms. The Morgan fingerprint density at radius 1 is 1.22 bits per heavy atom. The van der Waals surface area contributed by atoms with Crippen LogP contribution in [0.15, 0.2) is 18.3 Å². The van der Waals surface area contributed by atoms with Crippen LogP contribution >= 0.6 is 11.6 Å². The summed E-state index contributed by atoms with van der Waals surface area (Å²) in [5, 5.41) is 4.07. The molecular formula is C24H37ClN4O2Si. The molecule has 2 heterocycles. The van der Waals surface area contributed by atoms with Gasteiger partial charge in [0.15, 0.2) is 14.1 Å². The zero-order valence-electron chi connectivity index (χ0n) is 20.5. The number of anilines is 1. The van der Waals surface area contributed by atoms with Crippen molar-refractivity contribution in [3.8, 4) is 0 Å². The van der Waals surface area contributed by atoms with Crippen LogP contribution in [0.5, 0.6) is 0 Å². The molecule has 2 aromatic rings. The second-order valence-electron chi connectivity index (χ2n) is 10.6. The van der Waals surface area contributed by atoms with E-state index in [4.69, 9.17) is 16.0 Å². The van der Waals surface area contributed by atoms with Gasteiger partial charge in [0.1, 0.15) is 10.7 Å². The second-order valence-corrected chi connectivity index (χ2v) is 15.8. The molecule has 0 amide bonds. The van der Waals surface area contributed by atoms with E-state index in [1.807, 2.05) is 6.07 Å². The highest BCUT2D eigenvalue weighted by Gasteiger charge is 2.38. The molecule has 0 aromatic carbocycles. The van der Waals surface area contributed by atoms with Crippen molar-refractivity contribution in [3.63, 3.8) is 0 Å². The first-order valence-corrected chi connectivity index (χ1v) is 14.7. The molecule has 0 atom stereocenters. The van der Waals surface area contributed by atoms with Crippen LogP contribution in [0.3, 0.4) is 0 Å². The third kappa shape index (κ3) is 5.68. The number of pyridine rings is 2. The van der Waals surface area contributed by atoms with E-state index in [1.165, 1.54) is 0 Å². The monoisotopic (exact) mass is 476 g/mol. The molecule has 176 valence electrons. The number of ketones is 1. The van der Waals surface area contributed by atoms with Gasteiger partial charge in [-0.3, -0.25) is 9.78 Å². The van der Waals surface area contributed by atoms with E-state index < -0.39 is 8.32 Å². The van der Waals surface area contributed by atoms with Crippen molar-refractivity contribution in [2.45, 2.75) is 76.7 Å². The summed E-state index contributed by atoms with van der Waals surface area (Å²) in [7, 11) is 2.23. The van der Waals surface area contributed by atoms with Gasteiger partial charge in [-0.25, -0.2) is 4.98 Å². The number of carbonyl (C=O) groups is 1. The number of nitrogens with zero attached hydrogens (tertiary/aromatic N) is 3. The van der Waals surface area contributed by atoms with Crippen LogP contribution in [0.2, 0.25) is 23.3 Å². The van der Waals surface area contributed by atoms with Crippen LogP contribution < -0.4 is 5.32 Å². The smallest absolute Gasteiger partial charge is 0.192 e. The van der Waals surface area contributed by atoms with Gasteiger partial charge in [0, 0.05) is 18.3 Å². The van der Waals surface area contributed by atoms with E-state index in [0.29, 0.717) is 22.3 Å². The number of fused-ring (bicyclic) bond motifs is 1. The van der Waals surface area contributed by atoms with Crippen molar-refractivity contribution in [2.24, 2.45) is 0 Å². The third-order valence-corrected chi connectivity index (χ3v) is 11.8. The Bertz CT molecular complexity index is 966. The standard InChI is InChI=1S/C24H37ClN4O2Si/c1-24(2,3)32(6,7)31-15-20(30)18-14-26-19-12-13-21(25)28-23(19)22(18)27-16-8-10-17(11-9-16)29(4)5/h12-14,16-17H,8-11,15H2,1-7H3,(H,26,27)/t16-,17-. The van der Waals surface area contributed by atoms with E-state index >= 15 is 0 Å². The molecule has 0 aliphatic heterocycles. The van der Waals surface area contributed by atoms with Gasteiger partial charge in [-0.1, -0.05) is 32.4 Å². The first-order chi connectivity index (χ1) is 14.9. The lowest BCUT2D eigenvalue weighted by atomic mass is 9.90. The lowest BCUT2D eigenvalue weighted by Gasteiger charge is -2.36. The SMILES string of the molecule is CN(C)[C@H]1CC[C@H](Nc2c(C(=O)CO[Si](C)(C)C(C)(C)C)cnc3ccc(Cl)nc23)CC1. The Morgan fingerprint density at radius 2 is 1.88 bits per heavy atom. The van der Waals surface area contributed by atoms with Gasteiger partial charge >= 0.3 is 0 Å². The van der Waals surface area contributed by atoms with Crippen LogP contribution in [0.1, 0.15) is 56.8 Å². The minimum Gasteiger partial charge on any atom is -0.409 e. The highest BCUT2D eigenvalue weighted by molar-refractivity contribution is 6.74. The largest absolute Gasteiger partial charge is 0.409 e. The Labute approximate surface area is 198 Å². The molecule has 0 saturated heterocycles. The highest BCUT2D eigenvalue weighted by atomic mass is 35.5. The summed E-state index contributed by atoms with van der Waals surface area (Å²) in [6, 6.07) is 4.46. The zero-order chi connectivity index (χ0) is 23.7. The van der Waals surface area contributed by atoms with Gasteiger partial charge in [0.2, 0.25) is 0 Å². The molecular weight excluding hydrogens is 440 g/mol. The molecule has 3 rings (SSSR count). The first kappa shape index (κ1) is 25.1. The van der Waals surface area contributed by atoms with E-state index in [9.17, 15) is 4.79 Å². The lowest BCUT2D eigenvalue weighted by molar-refractivity contribution is 0.0911. The quantitative estimate of drug-likeness (QED) is 0.310. The summed E-state index contributed by atoms with van der Waals surface area (Å²) >= 11 is 6.21. The average molecular weight is 477 g/mol. The molecule has 2 aromatic heterocycles. The van der Waals surface area contributed by atoms with Crippen molar-refractivity contribution >= 4 is 42.4 Å². The van der Waals surface area contributed by atoms with Crippen LogP contribution in [-0.2, 0) is 4.43 Å². The summed E-state index contributed by atoms with van der Waals surface area (Å²) in [6.07, 6.45) is 5.99. The molecule has 0 spiro atoms. The predicted octanol–water partition coefficient (Wildman–Crippen LogP) is 5.77. The molecule has 0 radical (unpaired) electrons. The molecule has 32 heavy (non-hydrogen) atoms. The maximum atomic E-state index is 13.3. The summed E-state index contributed by atoms with van der Waals surface area (Å²) < 4.78 is 6.21. The van der Waals surface area contributed by atoms with Crippen molar-refractivity contribution in [2.75, 3.05) is 26.0 Å². The normalized spacial score (nSPS) is 20.0.